The molecule has 2 nitrogen and oxygen atoms in total. The predicted octanol–water partition coefficient (Wildman–Crippen LogP) is 3.03. The summed E-state index contributed by atoms with van der Waals surface area (Å²) in [5, 5.41) is 5.47. The lowest BCUT2D eigenvalue weighted by atomic mass is 10.0. The van der Waals surface area contributed by atoms with Crippen molar-refractivity contribution in [2.45, 2.75) is 18.4 Å². The van der Waals surface area contributed by atoms with Crippen molar-refractivity contribution in [1.82, 2.24) is 10.3 Å². The summed E-state index contributed by atoms with van der Waals surface area (Å²) >= 11 is 5.96. The number of hydrogen-bond donors (Lipinski definition) is 2. The highest BCUT2D eigenvalue weighted by Gasteiger charge is 2.44. The zero-order chi connectivity index (χ0) is 10.5. The minimum Gasteiger partial charge on any atom is -0.361 e. The molecule has 0 bridgehead atoms. The van der Waals surface area contributed by atoms with Crippen molar-refractivity contribution in [1.29, 1.82) is 0 Å². The third-order valence-electron chi connectivity index (χ3n) is 3.39. The number of fused-ring (bicyclic) bond motifs is 1. The molecule has 0 atom stereocenters. The summed E-state index contributed by atoms with van der Waals surface area (Å²) in [6.07, 6.45) is 4.54. The molecule has 78 valence electrons. The quantitative estimate of drug-likeness (QED) is 0.800. The van der Waals surface area contributed by atoms with E-state index in [1.807, 2.05) is 19.2 Å². The highest BCUT2D eigenvalue weighted by molar-refractivity contribution is 6.31. The largest absolute Gasteiger partial charge is 0.361 e. The Kier molecular flexibility index (Phi) is 1.85. The molecular weight excluding hydrogens is 208 g/mol. The molecule has 1 aliphatic rings. The van der Waals surface area contributed by atoms with Gasteiger partial charge in [-0.1, -0.05) is 17.7 Å². The van der Waals surface area contributed by atoms with Crippen LogP contribution >= 0.6 is 11.6 Å². The van der Waals surface area contributed by atoms with Crippen molar-refractivity contribution in [3.8, 4) is 0 Å². The fourth-order valence-electron chi connectivity index (χ4n) is 2.27. The van der Waals surface area contributed by atoms with Crippen molar-refractivity contribution in [2.75, 3.05) is 7.05 Å². The molecule has 0 radical (unpaired) electrons. The van der Waals surface area contributed by atoms with Crippen LogP contribution in [0.15, 0.2) is 24.4 Å². The van der Waals surface area contributed by atoms with Gasteiger partial charge in [-0.15, -0.1) is 0 Å². The summed E-state index contributed by atoms with van der Waals surface area (Å²) in [5.74, 6) is 0. The van der Waals surface area contributed by atoms with Crippen molar-refractivity contribution in [3.63, 3.8) is 0 Å². The standard InChI is InChI=1S/C12H13ClN2/c1-14-12(4-5-12)10-7-15-11-6-8(13)2-3-9(10)11/h2-3,6-7,14-15H,4-5H2,1H3. The third-order valence-corrected chi connectivity index (χ3v) is 3.62. The molecule has 1 fully saturated rings. The Morgan fingerprint density at radius 3 is 2.87 bits per heavy atom. The Bertz CT molecular complexity index is 511. The molecule has 1 aromatic carbocycles. The minimum atomic E-state index is 0.214. The fourth-order valence-corrected chi connectivity index (χ4v) is 2.45. The van der Waals surface area contributed by atoms with Gasteiger partial charge in [0.2, 0.25) is 0 Å². The van der Waals surface area contributed by atoms with Crippen molar-refractivity contribution in [3.05, 3.63) is 35.0 Å². The van der Waals surface area contributed by atoms with E-state index in [4.69, 9.17) is 11.6 Å². The second-order valence-electron chi connectivity index (χ2n) is 4.22. The van der Waals surface area contributed by atoms with Crippen molar-refractivity contribution >= 4 is 22.5 Å². The number of H-pyrrole nitrogens is 1. The van der Waals surface area contributed by atoms with E-state index < -0.39 is 0 Å². The summed E-state index contributed by atoms with van der Waals surface area (Å²) in [4.78, 5) is 3.28. The normalized spacial score (nSPS) is 18.3. The molecule has 0 amide bonds. The van der Waals surface area contributed by atoms with Crippen LogP contribution in [0.5, 0.6) is 0 Å². The number of halogens is 1. The topological polar surface area (TPSA) is 27.8 Å². The van der Waals surface area contributed by atoms with Gasteiger partial charge in [0.1, 0.15) is 0 Å². The Labute approximate surface area is 93.6 Å². The average molecular weight is 221 g/mol. The fraction of sp³-hybridized carbons (Fsp3) is 0.333. The summed E-state index contributed by atoms with van der Waals surface area (Å²) in [6.45, 7) is 0. The first-order valence-electron chi connectivity index (χ1n) is 5.21. The highest BCUT2D eigenvalue weighted by Crippen LogP contribution is 2.47. The van der Waals surface area contributed by atoms with Crippen LogP contribution in [0.1, 0.15) is 18.4 Å². The lowest BCUT2D eigenvalue weighted by Crippen LogP contribution is -2.23. The Morgan fingerprint density at radius 2 is 2.20 bits per heavy atom. The van der Waals surface area contributed by atoms with Crippen LogP contribution in [0.4, 0.5) is 0 Å². The van der Waals surface area contributed by atoms with Crippen LogP contribution in [0.2, 0.25) is 5.02 Å². The van der Waals surface area contributed by atoms with E-state index in [-0.39, 0.29) is 5.54 Å². The van der Waals surface area contributed by atoms with E-state index in [1.54, 1.807) is 0 Å². The zero-order valence-electron chi connectivity index (χ0n) is 8.60. The maximum Gasteiger partial charge on any atom is 0.0472 e. The summed E-state index contributed by atoms with van der Waals surface area (Å²) in [5.41, 5.74) is 2.71. The summed E-state index contributed by atoms with van der Waals surface area (Å²) in [7, 11) is 2.03. The molecule has 1 aromatic heterocycles. The van der Waals surface area contributed by atoms with E-state index in [0.29, 0.717) is 0 Å². The van der Waals surface area contributed by atoms with Crippen LogP contribution in [0.3, 0.4) is 0 Å². The molecule has 1 saturated carbocycles. The summed E-state index contributed by atoms with van der Waals surface area (Å²) in [6, 6.07) is 6.03. The lowest BCUT2D eigenvalue weighted by Gasteiger charge is -2.12. The molecule has 0 unspecified atom stereocenters. The van der Waals surface area contributed by atoms with Crippen LogP contribution in [0.25, 0.3) is 10.9 Å². The molecule has 1 aliphatic carbocycles. The van der Waals surface area contributed by atoms with Gasteiger partial charge in [0.15, 0.2) is 0 Å². The van der Waals surface area contributed by atoms with Crippen molar-refractivity contribution < 1.29 is 0 Å². The zero-order valence-corrected chi connectivity index (χ0v) is 9.36. The number of benzene rings is 1. The van der Waals surface area contributed by atoms with Gasteiger partial charge in [0, 0.05) is 27.7 Å². The highest BCUT2D eigenvalue weighted by atomic mass is 35.5. The molecule has 2 aromatic rings. The second kappa shape index (κ2) is 3.00. The smallest absolute Gasteiger partial charge is 0.0472 e. The Hall–Kier alpha value is -0.990. The molecule has 15 heavy (non-hydrogen) atoms. The molecule has 0 spiro atoms. The maximum atomic E-state index is 5.96. The third kappa shape index (κ3) is 1.29. The van der Waals surface area contributed by atoms with Gasteiger partial charge in [-0.3, -0.25) is 0 Å². The first kappa shape index (κ1) is 9.25. The van der Waals surface area contributed by atoms with E-state index >= 15 is 0 Å². The molecule has 3 heteroatoms. The number of aromatic amines is 1. The average Bonchev–Trinajstić information content (AvgIpc) is 2.93. The first-order valence-corrected chi connectivity index (χ1v) is 5.59. The van der Waals surface area contributed by atoms with Crippen LogP contribution < -0.4 is 5.32 Å². The lowest BCUT2D eigenvalue weighted by molar-refractivity contribution is 0.590. The minimum absolute atomic E-state index is 0.214. The maximum absolute atomic E-state index is 5.96. The van der Waals surface area contributed by atoms with Gasteiger partial charge in [-0.2, -0.15) is 0 Å². The summed E-state index contributed by atoms with van der Waals surface area (Å²) < 4.78 is 0. The van der Waals surface area contributed by atoms with E-state index in [0.717, 1.165) is 10.5 Å². The van der Waals surface area contributed by atoms with Gasteiger partial charge in [-0.25, -0.2) is 0 Å². The van der Waals surface area contributed by atoms with Crippen LogP contribution in [-0.4, -0.2) is 12.0 Å². The SMILES string of the molecule is CNC1(c2c[nH]c3cc(Cl)ccc23)CC1. The van der Waals surface area contributed by atoms with Gasteiger partial charge in [0.05, 0.1) is 0 Å². The monoisotopic (exact) mass is 220 g/mol. The Morgan fingerprint density at radius 1 is 1.40 bits per heavy atom. The van der Waals surface area contributed by atoms with Crippen molar-refractivity contribution in [2.24, 2.45) is 0 Å². The molecule has 0 aliphatic heterocycles. The molecule has 1 heterocycles. The second-order valence-corrected chi connectivity index (χ2v) is 4.66. The van der Waals surface area contributed by atoms with E-state index in [1.165, 1.54) is 23.8 Å². The van der Waals surface area contributed by atoms with Crippen LogP contribution in [0, 0.1) is 0 Å². The van der Waals surface area contributed by atoms with Gasteiger partial charge >= 0.3 is 0 Å². The molecule has 3 rings (SSSR count). The first-order chi connectivity index (χ1) is 7.25. The molecule has 2 N–H and O–H groups in total. The Balaban J connectivity index is 2.21. The van der Waals surface area contributed by atoms with Gasteiger partial charge in [-0.05, 0) is 37.6 Å². The predicted molar refractivity (Wildman–Crippen MR) is 63.3 cm³/mol. The van der Waals surface area contributed by atoms with E-state index in [9.17, 15) is 0 Å². The molecular formula is C12H13ClN2. The molecule has 0 saturated heterocycles. The number of hydrogen-bond acceptors (Lipinski definition) is 1. The number of aromatic nitrogens is 1. The number of nitrogens with one attached hydrogen (secondary N) is 2. The van der Waals surface area contributed by atoms with Gasteiger partial charge < -0.3 is 10.3 Å². The van der Waals surface area contributed by atoms with Gasteiger partial charge in [0.25, 0.3) is 0 Å². The van der Waals surface area contributed by atoms with E-state index in [2.05, 4.69) is 22.6 Å². The van der Waals surface area contributed by atoms with Crippen LogP contribution in [-0.2, 0) is 5.54 Å². The number of rotatable bonds is 2.